The van der Waals surface area contributed by atoms with Gasteiger partial charge in [-0.25, -0.2) is 4.98 Å². The van der Waals surface area contributed by atoms with Crippen LogP contribution in [0.3, 0.4) is 0 Å². The largest absolute Gasteiger partial charge is 0.469 e. The third-order valence-corrected chi connectivity index (χ3v) is 6.55. The summed E-state index contributed by atoms with van der Waals surface area (Å²) in [6.45, 7) is 1.72. The molecule has 0 aliphatic carbocycles. The van der Waals surface area contributed by atoms with E-state index in [0.29, 0.717) is 27.2 Å². The first-order chi connectivity index (χ1) is 15.0. The lowest BCUT2D eigenvalue weighted by Gasteiger charge is -2.18. The Morgan fingerprint density at radius 2 is 1.97 bits per heavy atom. The molecule has 9 heteroatoms. The minimum atomic E-state index is -0.294. The highest BCUT2D eigenvalue weighted by molar-refractivity contribution is 7.14. The lowest BCUT2D eigenvalue weighted by molar-refractivity contribution is -0.121. The molecular formula is C22H18ClN3O3S2. The molecule has 158 valence electrons. The number of aromatic nitrogens is 1. The van der Waals surface area contributed by atoms with E-state index in [1.54, 1.807) is 41.8 Å². The van der Waals surface area contributed by atoms with Crippen molar-refractivity contribution in [2.24, 2.45) is 0 Å². The fraction of sp³-hybridized carbons (Fsp3) is 0.136. The second-order valence-corrected chi connectivity index (χ2v) is 9.01. The van der Waals surface area contributed by atoms with Crippen LogP contribution in [0.25, 0.3) is 0 Å². The quantitative estimate of drug-likeness (QED) is 0.375. The number of anilines is 1. The lowest BCUT2D eigenvalue weighted by atomic mass is 10.1. The predicted octanol–water partition coefficient (Wildman–Crippen LogP) is 5.46. The number of carbonyl (C=O) groups excluding carboxylic acids is 2. The summed E-state index contributed by atoms with van der Waals surface area (Å²) < 4.78 is 5.15. The second kappa shape index (κ2) is 9.47. The summed E-state index contributed by atoms with van der Waals surface area (Å²) in [7, 11) is 0. The van der Waals surface area contributed by atoms with Crippen molar-refractivity contribution in [3.8, 4) is 0 Å². The average Bonchev–Trinajstić information content (AvgIpc) is 3.50. The highest BCUT2D eigenvalue weighted by Gasteiger charge is 2.19. The molecule has 3 aromatic heterocycles. The highest BCUT2D eigenvalue weighted by atomic mass is 35.5. The molecule has 0 saturated carbocycles. The standard InChI is InChI=1S/C22H18ClN3O3S2/c1-13-17(8-9-29-13)21(28)26-22-24-16(12-31-22)11-19(27)25-20(18-3-2-10-30-18)14-4-6-15(23)7-5-14/h2-10,12,20H,11H2,1H3,(H,25,27)(H,24,26,28). The topological polar surface area (TPSA) is 84.2 Å². The summed E-state index contributed by atoms with van der Waals surface area (Å²) in [5, 5.41) is 10.6. The first kappa shape index (κ1) is 21.3. The van der Waals surface area contributed by atoms with E-state index in [1.807, 2.05) is 29.6 Å². The van der Waals surface area contributed by atoms with E-state index in [-0.39, 0.29) is 24.3 Å². The Hall–Kier alpha value is -2.94. The molecule has 1 unspecified atom stereocenters. The van der Waals surface area contributed by atoms with Gasteiger partial charge in [-0.15, -0.1) is 22.7 Å². The van der Waals surface area contributed by atoms with Crippen LogP contribution in [0.4, 0.5) is 5.13 Å². The number of amides is 2. The molecule has 0 saturated heterocycles. The Kier molecular flexibility index (Phi) is 6.50. The van der Waals surface area contributed by atoms with Crippen LogP contribution < -0.4 is 10.6 Å². The number of rotatable bonds is 7. The third kappa shape index (κ3) is 5.22. The molecule has 0 radical (unpaired) electrons. The SMILES string of the molecule is Cc1occc1C(=O)Nc1nc(CC(=O)NC(c2ccc(Cl)cc2)c2cccs2)cs1. The highest BCUT2D eigenvalue weighted by Crippen LogP contribution is 2.27. The maximum absolute atomic E-state index is 12.8. The van der Waals surface area contributed by atoms with Crippen molar-refractivity contribution >= 4 is 51.2 Å². The van der Waals surface area contributed by atoms with Gasteiger partial charge < -0.3 is 9.73 Å². The van der Waals surface area contributed by atoms with Crippen LogP contribution in [0.15, 0.2) is 63.9 Å². The Morgan fingerprint density at radius 3 is 2.65 bits per heavy atom. The number of hydrogen-bond acceptors (Lipinski definition) is 6. The van der Waals surface area contributed by atoms with Crippen LogP contribution >= 0.6 is 34.3 Å². The molecule has 0 spiro atoms. The molecule has 1 atom stereocenters. The van der Waals surface area contributed by atoms with Gasteiger partial charge >= 0.3 is 0 Å². The number of furan rings is 1. The van der Waals surface area contributed by atoms with Crippen molar-refractivity contribution in [1.82, 2.24) is 10.3 Å². The minimum absolute atomic E-state index is 0.104. The molecular weight excluding hydrogens is 454 g/mol. The minimum Gasteiger partial charge on any atom is -0.469 e. The summed E-state index contributed by atoms with van der Waals surface area (Å²) in [4.78, 5) is 30.4. The summed E-state index contributed by atoms with van der Waals surface area (Å²) in [5.41, 5.74) is 1.99. The van der Waals surface area contributed by atoms with E-state index in [2.05, 4.69) is 15.6 Å². The molecule has 1 aromatic carbocycles. The molecule has 0 aliphatic rings. The van der Waals surface area contributed by atoms with Gasteiger partial charge in [0.2, 0.25) is 5.91 Å². The zero-order valence-corrected chi connectivity index (χ0v) is 18.8. The van der Waals surface area contributed by atoms with Gasteiger partial charge in [-0.1, -0.05) is 29.8 Å². The average molecular weight is 472 g/mol. The number of benzene rings is 1. The van der Waals surface area contributed by atoms with E-state index >= 15 is 0 Å². The van der Waals surface area contributed by atoms with Crippen LogP contribution in [-0.4, -0.2) is 16.8 Å². The van der Waals surface area contributed by atoms with Gasteiger partial charge in [-0.05, 0) is 42.1 Å². The number of nitrogens with zero attached hydrogens (tertiary/aromatic N) is 1. The molecule has 4 rings (SSSR count). The van der Waals surface area contributed by atoms with E-state index in [9.17, 15) is 9.59 Å². The lowest BCUT2D eigenvalue weighted by Crippen LogP contribution is -2.30. The first-order valence-electron chi connectivity index (χ1n) is 9.37. The summed E-state index contributed by atoms with van der Waals surface area (Å²) in [5.74, 6) is 0.0785. The van der Waals surface area contributed by atoms with Crippen molar-refractivity contribution in [3.63, 3.8) is 0 Å². The maximum Gasteiger partial charge on any atom is 0.260 e. The summed E-state index contributed by atoms with van der Waals surface area (Å²) in [6, 6.07) is 12.7. The number of thiazole rings is 1. The van der Waals surface area contributed by atoms with Crippen molar-refractivity contribution in [2.75, 3.05) is 5.32 Å². The molecule has 3 heterocycles. The normalized spacial score (nSPS) is 11.8. The Bertz CT molecular complexity index is 1180. The first-order valence-corrected chi connectivity index (χ1v) is 11.5. The Balaban J connectivity index is 1.42. The second-order valence-electron chi connectivity index (χ2n) is 6.73. The number of hydrogen-bond donors (Lipinski definition) is 2. The molecule has 6 nitrogen and oxygen atoms in total. The summed E-state index contributed by atoms with van der Waals surface area (Å²) >= 11 is 8.85. The van der Waals surface area contributed by atoms with Crippen molar-refractivity contribution in [1.29, 1.82) is 0 Å². The van der Waals surface area contributed by atoms with Crippen molar-refractivity contribution in [2.45, 2.75) is 19.4 Å². The fourth-order valence-electron chi connectivity index (χ4n) is 3.04. The zero-order valence-electron chi connectivity index (χ0n) is 16.4. The van der Waals surface area contributed by atoms with Gasteiger partial charge in [0, 0.05) is 15.3 Å². The van der Waals surface area contributed by atoms with Gasteiger partial charge in [0.25, 0.3) is 5.91 Å². The molecule has 0 bridgehead atoms. The molecule has 0 aliphatic heterocycles. The summed E-state index contributed by atoms with van der Waals surface area (Å²) in [6.07, 6.45) is 1.57. The fourth-order valence-corrected chi connectivity index (χ4v) is 4.67. The maximum atomic E-state index is 12.8. The monoisotopic (exact) mass is 471 g/mol. The van der Waals surface area contributed by atoms with Gasteiger partial charge in [0.05, 0.1) is 30.0 Å². The molecule has 2 N–H and O–H groups in total. The van der Waals surface area contributed by atoms with Crippen LogP contribution in [0, 0.1) is 6.92 Å². The number of halogens is 1. The number of thiophene rings is 1. The third-order valence-electron chi connectivity index (χ3n) is 4.55. The van der Waals surface area contributed by atoms with Crippen molar-refractivity contribution in [3.05, 3.63) is 92.0 Å². The molecule has 31 heavy (non-hydrogen) atoms. The molecule has 4 aromatic rings. The van der Waals surface area contributed by atoms with E-state index < -0.39 is 0 Å². The van der Waals surface area contributed by atoms with E-state index in [4.69, 9.17) is 16.0 Å². The Morgan fingerprint density at radius 1 is 1.16 bits per heavy atom. The van der Waals surface area contributed by atoms with Crippen molar-refractivity contribution < 1.29 is 14.0 Å². The molecule has 0 fully saturated rings. The predicted molar refractivity (Wildman–Crippen MR) is 123 cm³/mol. The number of nitrogens with one attached hydrogen (secondary N) is 2. The number of carbonyl (C=O) groups is 2. The van der Waals surface area contributed by atoms with Gasteiger partial charge in [0.15, 0.2) is 5.13 Å². The van der Waals surface area contributed by atoms with Crippen LogP contribution in [0.1, 0.15) is 38.3 Å². The van der Waals surface area contributed by atoms with E-state index in [1.165, 1.54) is 17.6 Å². The van der Waals surface area contributed by atoms with Crippen LogP contribution in [0.2, 0.25) is 5.02 Å². The van der Waals surface area contributed by atoms with Gasteiger partial charge in [-0.3, -0.25) is 14.9 Å². The van der Waals surface area contributed by atoms with E-state index in [0.717, 1.165) is 10.4 Å². The molecule has 2 amide bonds. The smallest absolute Gasteiger partial charge is 0.260 e. The van der Waals surface area contributed by atoms with Crippen LogP contribution in [0.5, 0.6) is 0 Å². The zero-order chi connectivity index (χ0) is 21.8. The Labute approximate surface area is 191 Å². The van der Waals surface area contributed by atoms with Gasteiger partial charge in [0.1, 0.15) is 5.76 Å². The van der Waals surface area contributed by atoms with Gasteiger partial charge in [-0.2, -0.15) is 0 Å². The van der Waals surface area contributed by atoms with Crippen LogP contribution in [-0.2, 0) is 11.2 Å². The number of aryl methyl sites for hydroxylation is 1.